The van der Waals surface area contributed by atoms with Gasteiger partial charge >= 0.3 is 0 Å². The predicted molar refractivity (Wildman–Crippen MR) is 58.3 cm³/mol. The van der Waals surface area contributed by atoms with E-state index in [4.69, 9.17) is 15.9 Å². The Hall–Kier alpha value is -0.650. The van der Waals surface area contributed by atoms with Crippen LogP contribution in [-0.4, -0.2) is 52.9 Å². The Balaban J connectivity index is 4.46. The molecule has 0 aliphatic rings. The molecule has 1 atom stereocenters. The molecule has 0 aliphatic carbocycles. The van der Waals surface area contributed by atoms with Crippen molar-refractivity contribution in [3.63, 3.8) is 0 Å². The van der Waals surface area contributed by atoms with Gasteiger partial charge in [0.25, 0.3) is 0 Å². The van der Waals surface area contributed by atoms with Crippen molar-refractivity contribution in [1.29, 1.82) is 0 Å². The zero-order valence-corrected chi connectivity index (χ0v) is 9.57. The van der Waals surface area contributed by atoms with Crippen molar-refractivity contribution in [2.75, 3.05) is 26.3 Å². The Bertz CT molecular complexity index is 189. The number of carbonyl (C=O) groups is 1. The fourth-order valence-corrected chi connectivity index (χ4v) is 1.54. The van der Waals surface area contributed by atoms with E-state index in [0.717, 1.165) is 6.42 Å². The predicted octanol–water partition coefficient (Wildman–Crippen LogP) is -0.683. The first-order valence-electron chi connectivity index (χ1n) is 5.29. The molecule has 0 aromatic rings. The number of aliphatic hydroxyl groups is 2. The van der Waals surface area contributed by atoms with Gasteiger partial charge in [-0.3, -0.25) is 4.79 Å². The van der Waals surface area contributed by atoms with Gasteiger partial charge in [0.15, 0.2) is 0 Å². The molecule has 0 aromatic heterocycles. The lowest BCUT2D eigenvalue weighted by atomic mass is 9.95. The van der Waals surface area contributed by atoms with Gasteiger partial charge in [-0.2, -0.15) is 0 Å². The molecule has 0 saturated carbocycles. The standard InChI is InChI=1S/C10H22N2O3/c1-3-4-10(2,11)9(15)12(5-7-13)6-8-14/h13-14H,3-8,11H2,1-2H3. The van der Waals surface area contributed by atoms with Crippen LogP contribution in [0.2, 0.25) is 0 Å². The average molecular weight is 218 g/mol. The molecule has 90 valence electrons. The summed E-state index contributed by atoms with van der Waals surface area (Å²) in [4.78, 5) is 13.3. The molecule has 1 amide bonds. The average Bonchev–Trinajstić information content (AvgIpc) is 2.16. The van der Waals surface area contributed by atoms with Crippen molar-refractivity contribution < 1.29 is 15.0 Å². The van der Waals surface area contributed by atoms with E-state index in [-0.39, 0.29) is 32.2 Å². The van der Waals surface area contributed by atoms with Crippen LogP contribution >= 0.6 is 0 Å². The van der Waals surface area contributed by atoms with Crippen molar-refractivity contribution in [3.05, 3.63) is 0 Å². The third kappa shape index (κ3) is 4.59. The molecule has 5 heteroatoms. The highest BCUT2D eigenvalue weighted by atomic mass is 16.3. The third-order valence-corrected chi connectivity index (χ3v) is 2.28. The molecule has 0 radical (unpaired) electrons. The Kier molecular flexibility index (Phi) is 6.47. The summed E-state index contributed by atoms with van der Waals surface area (Å²) >= 11 is 0. The SMILES string of the molecule is CCCC(C)(N)C(=O)N(CCO)CCO. The number of nitrogens with two attached hydrogens (primary N) is 1. The van der Waals surface area contributed by atoms with E-state index < -0.39 is 5.54 Å². The normalized spacial score (nSPS) is 14.7. The Labute approximate surface area is 90.9 Å². The van der Waals surface area contributed by atoms with Gasteiger partial charge in [-0.15, -0.1) is 0 Å². The van der Waals surface area contributed by atoms with Gasteiger partial charge in [0.1, 0.15) is 0 Å². The second-order valence-electron chi connectivity index (χ2n) is 3.91. The summed E-state index contributed by atoms with van der Waals surface area (Å²) in [5, 5.41) is 17.6. The number of amides is 1. The van der Waals surface area contributed by atoms with Crippen LogP contribution in [-0.2, 0) is 4.79 Å². The second kappa shape index (κ2) is 6.76. The number of carbonyl (C=O) groups excluding carboxylic acids is 1. The Morgan fingerprint density at radius 1 is 1.33 bits per heavy atom. The third-order valence-electron chi connectivity index (χ3n) is 2.28. The van der Waals surface area contributed by atoms with Gasteiger partial charge in [-0.05, 0) is 13.3 Å². The molecule has 0 aliphatic heterocycles. The summed E-state index contributed by atoms with van der Waals surface area (Å²) in [6, 6.07) is 0. The quantitative estimate of drug-likeness (QED) is 0.528. The highest BCUT2D eigenvalue weighted by Crippen LogP contribution is 2.12. The molecule has 4 N–H and O–H groups in total. The molecule has 15 heavy (non-hydrogen) atoms. The van der Waals surface area contributed by atoms with Gasteiger partial charge < -0.3 is 20.8 Å². The molecular weight excluding hydrogens is 196 g/mol. The van der Waals surface area contributed by atoms with Crippen LogP contribution < -0.4 is 5.73 Å². The van der Waals surface area contributed by atoms with Crippen LogP contribution in [0.1, 0.15) is 26.7 Å². The fourth-order valence-electron chi connectivity index (χ4n) is 1.54. The molecule has 0 fully saturated rings. The zero-order chi connectivity index (χ0) is 11.9. The first kappa shape index (κ1) is 14.3. The minimum absolute atomic E-state index is 0.117. The summed E-state index contributed by atoms with van der Waals surface area (Å²) in [5.74, 6) is -0.215. The molecule has 0 saturated heterocycles. The van der Waals surface area contributed by atoms with E-state index in [2.05, 4.69) is 0 Å². The Morgan fingerprint density at radius 2 is 1.80 bits per heavy atom. The van der Waals surface area contributed by atoms with Crippen LogP contribution in [0, 0.1) is 0 Å². The smallest absolute Gasteiger partial charge is 0.242 e. The van der Waals surface area contributed by atoms with Gasteiger partial charge in [-0.1, -0.05) is 13.3 Å². The summed E-state index contributed by atoms with van der Waals surface area (Å²) in [6.07, 6.45) is 1.42. The number of hydrogen-bond acceptors (Lipinski definition) is 4. The molecule has 1 unspecified atom stereocenters. The van der Waals surface area contributed by atoms with Crippen molar-refractivity contribution in [2.24, 2.45) is 5.73 Å². The van der Waals surface area contributed by atoms with Gasteiger partial charge in [-0.25, -0.2) is 0 Å². The first-order chi connectivity index (χ1) is 6.99. The number of rotatable bonds is 7. The monoisotopic (exact) mass is 218 g/mol. The largest absolute Gasteiger partial charge is 0.395 e. The molecule has 0 bridgehead atoms. The maximum Gasteiger partial charge on any atom is 0.242 e. The van der Waals surface area contributed by atoms with E-state index in [9.17, 15) is 4.79 Å². The fraction of sp³-hybridized carbons (Fsp3) is 0.900. The molecule has 0 aromatic carbocycles. The van der Waals surface area contributed by atoms with E-state index >= 15 is 0 Å². The van der Waals surface area contributed by atoms with Crippen molar-refractivity contribution in [1.82, 2.24) is 4.90 Å². The molecule has 5 nitrogen and oxygen atoms in total. The highest BCUT2D eigenvalue weighted by molar-refractivity contribution is 5.85. The van der Waals surface area contributed by atoms with Crippen LogP contribution in [0.3, 0.4) is 0 Å². The molecular formula is C10H22N2O3. The van der Waals surface area contributed by atoms with Crippen molar-refractivity contribution in [3.8, 4) is 0 Å². The van der Waals surface area contributed by atoms with Gasteiger partial charge in [0.05, 0.1) is 18.8 Å². The van der Waals surface area contributed by atoms with Crippen molar-refractivity contribution in [2.45, 2.75) is 32.2 Å². The van der Waals surface area contributed by atoms with E-state index in [1.54, 1.807) is 6.92 Å². The lowest BCUT2D eigenvalue weighted by Crippen LogP contribution is -2.54. The minimum Gasteiger partial charge on any atom is -0.395 e. The first-order valence-corrected chi connectivity index (χ1v) is 5.29. The Morgan fingerprint density at radius 3 is 2.13 bits per heavy atom. The molecule has 0 heterocycles. The lowest BCUT2D eigenvalue weighted by Gasteiger charge is -2.30. The van der Waals surface area contributed by atoms with Gasteiger partial charge in [0.2, 0.25) is 5.91 Å². The number of aliphatic hydroxyl groups excluding tert-OH is 2. The summed E-state index contributed by atoms with van der Waals surface area (Å²) < 4.78 is 0. The number of hydrogen-bond donors (Lipinski definition) is 3. The van der Waals surface area contributed by atoms with Crippen molar-refractivity contribution >= 4 is 5.91 Å². The summed E-state index contributed by atoms with van der Waals surface area (Å²) in [7, 11) is 0. The topological polar surface area (TPSA) is 86.8 Å². The second-order valence-corrected chi connectivity index (χ2v) is 3.91. The summed E-state index contributed by atoms with van der Waals surface area (Å²) in [5.41, 5.74) is 4.97. The van der Waals surface area contributed by atoms with Crippen LogP contribution in [0.15, 0.2) is 0 Å². The van der Waals surface area contributed by atoms with Crippen LogP contribution in [0.25, 0.3) is 0 Å². The van der Waals surface area contributed by atoms with E-state index in [1.807, 2.05) is 6.92 Å². The highest BCUT2D eigenvalue weighted by Gasteiger charge is 2.31. The maximum absolute atomic E-state index is 11.9. The maximum atomic E-state index is 11.9. The van der Waals surface area contributed by atoms with E-state index in [1.165, 1.54) is 4.90 Å². The number of nitrogens with zero attached hydrogens (tertiary/aromatic N) is 1. The van der Waals surface area contributed by atoms with Crippen LogP contribution in [0.4, 0.5) is 0 Å². The lowest BCUT2D eigenvalue weighted by molar-refractivity contribution is -0.137. The molecule has 0 rings (SSSR count). The van der Waals surface area contributed by atoms with Gasteiger partial charge in [0, 0.05) is 13.1 Å². The zero-order valence-electron chi connectivity index (χ0n) is 9.57. The summed E-state index contributed by atoms with van der Waals surface area (Å²) in [6.45, 7) is 3.84. The van der Waals surface area contributed by atoms with Crippen LogP contribution in [0.5, 0.6) is 0 Å². The molecule has 0 spiro atoms. The van der Waals surface area contributed by atoms with E-state index in [0.29, 0.717) is 6.42 Å². The minimum atomic E-state index is -0.904.